The quantitative estimate of drug-likeness (QED) is 0.721. The van der Waals surface area contributed by atoms with Crippen molar-refractivity contribution in [3.05, 3.63) is 35.9 Å². The summed E-state index contributed by atoms with van der Waals surface area (Å²) in [4.78, 5) is 15.9. The minimum absolute atomic E-state index is 0.186. The number of likely N-dealkylation sites (tertiary alicyclic amines) is 1. The molecule has 0 bridgehead atoms. The monoisotopic (exact) mass is 232 g/mol. The largest absolute Gasteiger partial charge is 0.445 e. The zero-order chi connectivity index (χ0) is 11.8. The van der Waals surface area contributed by atoms with Gasteiger partial charge in [-0.3, -0.25) is 4.90 Å². The molecule has 0 spiro atoms. The number of ether oxygens (including phenoxy) is 1. The SMILES string of the molecule is CN1C2CN(C(=O)OCc3ccccc3)CC21. The summed E-state index contributed by atoms with van der Waals surface area (Å²) < 4.78 is 5.28. The van der Waals surface area contributed by atoms with Gasteiger partial charge in [-0.15, -0.1) is 0 Å². The summed E-state index contributed by atoms with van der Waals surface area (Å²) in [6, 6.07) is 10.9. The molecule has 17 heavy (non-hydrogen) atoms. The Morgan fingerprint density at radius 3 is 2.59 bits per heavy atom. The van der Waals surface area contributed by atoms with E-state index in [1.165, 1.54) is 0 Å². The van der Waals surface area contributed by atoms with Gasteiger partial charge in [-0.1, -0.05) is 30.3 Å². The molecule has 2 fully saturated rings. The number of rotatable bonds is 2. The lowest BCUT2D eigenvalue weighted by atomic mass is 10.2. The Morgan fingerprint density at radius 2 is 1.94 bits per heavy atom. The Balaban J connectivity index is 1.49. The zero-order valence-corrected chi connectivity index (χ0v) is 9.87. The molecule has 90 valence electrons. The maximum Gasteiger partial charge on any atom is 0.410 e. The second-order valence-corrected chi connectivity index (χ2v) is 4.75. The second-order valence-electron chi connectivity index (χ2n) is 4.75. The number of hydrogen-bond donors (Lipinski definition) is 0. The van der Waals surface area contributed by atoms with Crippen LogP contribution in [0.15, 0.2) is 30.3 Å². The van der Waals surface area contributed by atoms with Gasteiger partial charge in [0.25, 0.3) is 0 Å². The average Bonchev–Trinajstić information content (AvgIpc) is 2.81. The van der Waals surface area contributed by atoms with Crippen molar-refractivity contribution in [2.45, 2.75) is 18.7 Å². The lowest BCUT2D eigenvalue weighted by molar-refractivity contribution is 0.0979. The highest BCUT2D eigenvalue weighted by molar-refractivity contribution is 5.68. The van der Waals surface area contributed by atoms with E-state index in [0.29, 0.717) is 18.7 Å². The van der Waals surface area contributed by atoms with Gasteiger partial charge in [-0.2, -0.15) is 0 Å². The van der Waals surface area contributed by atoms with E-state index in [1.54, 1.807) is 4.90 Å². The maximum atomic E-state index is 11.8. The van der Waals surface area contributed by atoms with Crippen molar-refractivity contribution in [2.75, 3.05) is 20.1 Å². The predicted molar refractivity (Wildman–Crippen MR) is 63.5 cm³/mol. The molecule has 0 radical (unpaired) electrons. The summed E-state index contributed by atoms with van der Waals surface area (Å²) in [7, 11) is 2.10. The molecule has 0 aliphatic carbocycles. The highest BCUT2D eigenvalue weighted by Gasteiger charge is 2.52. The minimum atomic E-state index is -0.186. The van der Waals surface area contributed by atoms with Crippen LogP contribution in [-0.2, 0) is 11.3 Å². The molecule has 2 heterocycles. The molecule has 0 N–H and O–H groups in total. The zero-order valence-electron chi connectivity index (χ0n) is 9.87. The third-order valence-corrected chi connectivity index (χ3v) is 3.68. The van der Waals surface area contributed by atoms with Crippen molar-refractivity contribution >= 4 is 6.09 Å². The Labute approximate surface area is 101 Å². The minimum Gasteiger partial charge on any atom is -0.445 e. The molecule has 3 rings (SSSR count). The third kappa shape index (κ3) is 2.00. The molecule has 1 aromatic rings. The Bertz CT molecular complexity index is 409. The van der Waals surface area contributed by atoms with Crippen molar-refractivity contribution in [3.8, 4) is 0 Å². The van der Waals surface area contributed by atoms with Crippen molar-refractivity contribution in [1.82, 2.24) is 9.80 Å². The number of carbonyl (C=O) groups is 1. The molecule has 4 nitrogen and oxygen atoms in total. The molecule has 1 aromatic carbocycles. The first-order valence-electron chi connectivity index (χ1n) is 5.93. The fourth-order valence-electron chi connectivity index (χ4n) is 2.46. The highest BCUT2D eigenvalue weighted by atomic mass is 16.6. The average molecular weight is 232 g/mol. The van der Waals surface area contributed by atoms with Crippen LogP contribution in [0, 0.1) is 0 Å². The van der Waals surface area contributed by atoms with Gasteiger partial charge in [0, 0.05) is 25.2 Å². The fraction of sp³-hybridized carbons (Fsp3) is 0.462. The van der Waals surface area contributed by atoms with E-state index in [4.69, 9.17) is 4.74 Å². The molecule has 2 saturated heterocycles. The van der Waals surface area contributed by atoms with Gasteiger partial charge in [-0.25, -0.2) is 4.79 Å². The van der Waals surface area contributed by atoms with Gasteiger partial charge >= 0.3 is 6.09 Å². The van der Waals surface area contributed by atoms with Crippen LogP contribution in [0.2, 0.25) is 0 Å². The number of carbonyl (C=O) groups excluding carboxylic acids is 1. The van der Waals surface area contributed by atoms with E-state index in [9.17, 15) is 4.79 Å². The molecule has 0 saturated carbocycles. The van der Waals surface area contributed by atoms with Crippen LogP contribution in [0.4, 0.5) is 4.79 Å². The predicted octanol–water partition coefficient (Wildman–Crippen LogP) is 1.32. The van der Waals surface area contributed by atoms with Gasteiger partial charge in [0.15, 0.2) is 0 Å². The lowest BCUT2D eigenvalue weighted by Gasteiger charge is -2.19. The molecule has 2 aliphatic rings. The highest BCUT2D eigenvalue weighted by Crippen LogP contribution is 2.33. The Hall–Kier alpha value is -1.55. The first kappa shape index (κ1) is 10.6. The molecular weight excluding hydrogens is 216 g/mol. The number of benzene rings is 1. The van der Waals surface area contributed by atoms with E-state index in [1.807, 2.05) is 30.3 Å². The van der Waals surface area contributed by atoms with Crippen LogP contribution >= 0.6 is 0 Å². The van der Waals surface area contributed by atoms with Crippen molar-refractivity contribution < 1.29 is 9.53 Å². The summed E-state index contributed by atoms with van der Waals surface area (Å²) >= 11 is 0. The number of piperazine rings is 1. The molecule has 2 unspecified atom stereocenters. The van der Waals surface area contributed by atoms with Crippen molar-refractivity contribution in [2.24, 2.45) is 0 Å². The molecule has 2 aliphatic heterocycles. The van der Waals surface area contributed by atoms with Crippen LogP contribution in [0.1, 0.15) is 5.56 Å². The summed E-state index contributed by atoms with van der Waals surface area (Å²) in [5, 5.41) is 0. The standard InChI is InChI=1S/C13H16N2O2/c1-14-11-7-15(8-12(11)14)13(16)17-9-10-5-3-2-4-6-10/h2-6,11-12H,7-9H2,1H3. The molecule has 1 amide bonds. The van der Waals surface area contributed by atoms with Crippen LogP contribution < -0.4 is 0 Å². The van der Waals surface area contributed by atoms with Crippen LogP contribution in [0.5, 0.6) is 0 Å². The normalized spacial score (nSPS) is 29.9. The molecule has 0 aromatic heterocycles. The van der Waals surface area contributed by atoms with E-state index < -0.39 is 0 Å². The third-order valence-electron chi connectivity index (χ3n) is 3.68. The summed E-state index contributed by atoms with van der Waals surface area (Å²) in [6.07, 6.45) is -0.186. The Morgan fingerprint density at radius 1 is 1.29 bits per heavy atom. The summed E-state index contributed by atoms with van der Waals surface area (Å²) in [6.45, 7) is 1.99. The van der Waals surface area contributed by atoms with E-state index >= 15 is 0 Å². The number of nitrogens with zero attached hydrogens (tertiary/aromatic N) is 2. The number of likely N-dealkylation sites (N-methyl/N-ethyl adjacent to an activating group) is 1. The second kappa shape index (κ2) is 4.04. The summed E-state index contributed by atoms with van der Waals surface area (Å²) in [5.74, 6) is 0. The van der Waals surface area contributed by atoms with Crippen molar-refractivity contribution in [3.63, 3.8) is 0 Å². The van der Waals surface area contributed by atoms with Crippen molar-refractivity contribution in [1.29, 1.82) is 0 Å². The smallest absolute Gasteiger partial charge is 0.410 e. The molecule has 4 heteroatoms. The topological polar surface area (TPSA) is 32.5 Å². The van der Waals surface area contributed by atoms with Gasteiger partial charge in [0.2, 0.25) is 0 Å². The number of amides is 1. The van der Waals surface area contributed by atoms with Gasteiger partial charge in [-0.05, 0) is 12.6 Å². The first-order valence-corrected chi connectivity index (χ1v) is 5.93. The maximum absolute atomic E-state index is 11.8. The van der Waals surface area contributed by atoms with E-state index in [2.05, 4.69) is 11.9 Å². The number of fused-ring (bicyclic) bond motifs is 1. The lowest BCUT2D eigenvalue weighted by Crippen LogP contribution is -2.34. The molecule has 2 atom stereocenters. The molecular formula is C13H16N2O2. The van der Waals surface area contributed by atoms with Gasteiger partial charge in [0.1, 0.15) is 6.61 Å². The van der Waals surface area contributed by atoms with E-state index in [0.717, 1.165) is 18.7 Å². The summed E-state index contributed by atoms with van der Waals surface area (Å²) in [5.41, 5.74) is 1.03. The fourth-order valence-corrected chi connectivity index (χ4v) is 2.46. The van der Waals surface area contributed by atoms with Gasteiger partial charge < -0.3 is 9.64 Å². The van der Waals surface area contributed by atoms with E-state index in [-0.39, 0.29) is 6.09 Å². The number of hydrogen-bond acceptors (Lipinski definition) is 3. The van der Waals surface area contributed by atoms with Crippen LogP contribution in [0.25, 0.3) is 0 Å². The van der Waals surface area contributed by atoms with Gasteiger partial charge in [0.05, 0.1) is 0 Å². The van der Waals surface area contributed by atoms with Crippen LogP contribution in [0.3, 0.4) is 0 Å². The first-order chi connectivity index (χ1) is 8.25. The van der Waals surface area contributed by atoms with Crippen LogP contribution in [-0.4, -0.2) is 48.1 Å². The Kier molecular flexibility index (Phi) is 2.52.